The maximum absolute atomic E-state index is 12.2. The number of rotatable bonds is 6. The smallest absolute Gasteiger partial charge is 0.348 e. The molecular formula is C20H18ClNO5S. The lowest BCUT2D eigenvalue weighted by atomic mass is 10.1. The van der Waals surface area contributed by atoms with Crippen LogP contribution >= 0.6 is 22.9 Å². The number of benzene rings is 2. The van der Waals surface area contributed by atoms with Crippen molar-refractivity contribution in [3.8, 4) is 11.5 Å². The Hall–Kier alpha value is -2.77. The van der Waals surface area contributed by atoms with Crippen LogP contribution in [0.15, 0.2) is 30.3 Å². The van der Waals surface area contributed by atoms with Gasteiger partial charge in [0.1, 0.15) is 11.5 Å². The van der Waals surface area contributed by atoms with Crippen molar-refractivity contribution in [3.05, 3.63) is 56.9 Å². The molecule has 0 radical (unpaired) electrons. The number of carbonyl (C=O) groups excluding carboxylic acids is 2. The molecule has 0 aliphatic heterocycles. The highest BCUT2D eigenvalue weighted by Crippen LogP contribution is 2.39. The van der Waals surface area contributed by atoms with Gasteiger partial charge in [-0.25, -0.2) is 4.79 Å². The molecule has 0 saturated heterocycles. The normalized spacial score (nSPS) is 10.7. The number of thiophene rings is 1. The number of primary amides is 1. The Morgan fingerprint density at radius 3 is 2.61 bits per heavy atom. The first-order chi connectivity index (χ1) is 13.4. The van der Waals surface area contributed by atoms with Crippen LogP contribution in [-0.2, 0) is 11.3 Å². The Morgan fingerprint density at radius 1 is 1.21 bits per heavy atom. The molecule has 0 saturated carbocycles. The van der Waals surface area contributed by atoms with E-state index in [4.69, 9.17) is 31.5 Å². The van der Waals surface area contributed by atoms with E-state index in [1.54, 1.807) is 19.1 Å². The van der Waals surface area contributed by atoms with E-state index in [-0.39, 0.29) is 6.61 Å². The van der Waals surface area contributed by atoms with Crippen molar-refractivity contribution in [1.82, 2.24) is 0 Å². The van der Waals surface area contributed by atoms with Crippen LogP contribution < -0.4 is 15.2 Å². The number of carbonyl (C=O) groups is 2. The molecular weight excluding hydrogens is 402 g/mol. The van der Waals surface area contributed by atoms with E-state index in [0.717, 1.165) is 10.1 Å². The van der Waals surface area contributed by atoms with Gasteiger partial charge in [-0.3, -0.25) is 4.79 Å². The molecule has 146 valence electrons. The van der Waals surface area contributed by atoms with Gasteiger partial charge in [-0.2, -0.15) is 0 Å². The molecule has 3 rings (SSSR count). The second-order valence-electron chi connectivity index (χ2n) is 5.99. The molecule has 2 aromatic carbocycles. The summed E-state index contributed by atoms with van der Waals surface area (Å²) in [5.41, 5.74) is 6.99. The zero-order valence-corrected chi connectivity index (χ0v) is 17.1. The highest BCUT2D eigenvalue weighted by molar-refractivity contribution is 7.21. The van der Waals surface area contributed by atoms with Gasteiger partial charge in [-0.05, 0) is 36.8 Å². The molecule has 0 fully saturated rings. The van der Waals surface area contributed by atoms with Crippen LogP contribution in [0.2, 0.25) is 5.02 Å². The molecule has 28 heavy (non-hydrogen) atoms. The predicted octanol–water partition coefficient (Wildman–Crippen LogP) is 4.34. The fraction of sp³-hybridized carbons (Fsp3) is 0.200. The SMILES string of the molecule is COC(=O)c1sc2cccc(Cl)c2c1COc1c(C)cc(C(N)=O)cc1OC. The monoisotopic (exact) mass is 419 g/mol. The Bertz CT molecular complexity index is 1080. The van der Waals surface area contributed by atoms with Gasteiger partial charge in [0.2, 0.25) is 5.91 Å². The van der Waals surface area contributed by atoms with Crippen molar-refractivity contribution in [2.75, 3.05) is 14.2 Å². The van der Waals surface area contributed by atoms with Gasteiger partial charge in [0, 0.05) is 26.2 Å². The summed E-state index contributed by atoms with van der Waals surface area (Å²) in [5, 5.41) is 1.27. The average Bonchev–Trinajstić information content (AvgIpc) is 3.05. The van der Waals surface area contributed by atoms with Crippen LogP contribution in [0, 0.1) is 6.92 Å². The lowest BCUT2D eigenvalue weighted by molar-refractivity contribution is 0.0603. The molecule has 0 unspecified atom stereocenters. The van der Waals surface area contributed by atoms with Gasteiger partial charge >= 0.3 is 5.97 Å². The number of esters is 1. The third-order valence-corrected chi connectivity index (χ3v) is 5.73. The molecule has 8 heteroatoms. The number of halogens is 1. The second kappa shape index (κ2) is 8.08. The molecule has 0 atom stereocenters. The van der Waals surface area contributed by atoms with Crippen molar-refractivity contribution in [3.63, 3.8) is 0 Å². The first-order valence-corrected chi connectivity index (χ1v) is 9.46. The van der Waals surface area contributed by atoms with Gasteiger partial charge in [0.05, 0.1) is 14.2 Å². The maximum Gasteiger partial charge on any atom is 0.348 e. The summed E-state index contributed by atoms with van der Waals surface area (Å²) in [6, 6.07) is 8.61. The van der Waals surface area contributed by atoms with Crippen molar-refractivity contribution in [2.24, 2.45) is 5.73 Å². The molecule has 0 aliphatic carbocycles. The molecule has 1 heterocycles. The third kappa shape index (κ3) is 3.63. The number of fused-ring (bicyclic) bond motifs is 1. The molecule has 6 nitrogen and oxygen atoms in total. The molecule has 0 spiro atoms. The highest BCUT2D eigenvalue weighted by Gasteiger charge is 2.22. The second-order valence-corrected chi connectivity index (χ2v) is 7.45. The number of ether oxygens (including phenoxy) is 3. The summed E-state index contributed by atoms with van der Waals surface area (Å²) >= 11 is 7.67. The van der Waals surface area contributed by atoms with Gasteiger partial charge < -0.3 is 19.9 Å². The average molecular weight is 420 g/mol. The Kier molecular flexibility index (Phi) is 5.76. The van der Waals surface area contributed by atoms with E-state index in [0.29, 0.717) is 38.1 Å². The third-order valence-electron chi connectivity index (χ3n) is 4.24. The van der Waals surface area contributed by atoms with Crippen LogP contribution in [0.5, 0.6) is 11.5 Å². The summed E-state index contributed by atoms with van der Waals surface area (Å²) in [7, 11) is 2.80. The minimum atomic E-state index is -0.559. The largest absolute Gasteiger partial charge is 0.493 e. The summed E-state index contributed by atoms with van der Waals surface area (Å²) in [5.74, 6) is -0.186. The predicted molar refractivity (Wildman–Crippen MR) is 109 cm³/mol. The van der Waals surface area contributed by atoms with Gasteiger partial charge in [-0.15, -0.1) is 11.3 Å². The fourth-order valence-corrected chi connectivity index (χ4v) is 4.42. The molecule has 1 amide bonds. The summed E-state index contributed by atoms with van der Waals surface area (Å²) < 4.78 is 17.1. The quantitative estimate of drug-likeness (QED) is 0.600. The van der Waals surface area contributed by atoms with Gasteiger partial charge in [0.25, 0.3) is 0 Å². The zero-order chi connectivity index (χ0) is 20.4. The lowest BCUT2D eigenvalue weighted by Gasteiger charge is -2.15. The number of hydrogen-bond donors (Lipinski definition) is 1. The van der Waals surface area contributed by atoms with Crippen molar-refractivity contribution in [1.29, 1.82) is 0 Å². The summed E-state index contributed by atoms with van der Waals surface area (Å²) in [6.07, 6.45) is 0. The van der Waals surface area contributed by atoms with Crippen molar-refractivity contribution >= 4 is 44.9 Å². The maximum atomic E-state index is 12.2. The van der Waals surface area contributed by atoms with Crippen LogP contribution in [0.1, 0.15) is 31.2 Å². The Balaban J connectivity index is 2.05. The van der Waals surface area contributed by atoms with E-state index in [1.807, 2.05) is 12.1 Å². The number of methoxy groups -OCH3 is 2. The fourth-order valence-electron chi connectivity index (χ4n) is 2.93. The molecule has 1 aromatic heterocycles. The van der Waals surface area contributed by atoms with E-state index in [1.165, 1.54) is 31.6 Å². The molecule has 0 aliphatic rings. The molecule has 2 N–H and O–H groups in total. The first-order valence-electron chi connectivity index (χ1n) is 8.26. The van der Waals surface area contributed by atoms with E-state index >= 15 is 0 Å². The number of nitrogens with two attached hydrogens (primary N) is 1. The van der Waals surface area contributed by atoms with Crippen LogP contribution in [0.4, 0.5) is 0 Å². The van der Waals surface area contributed by atoms with Crippen LogP contribution in [0.25, 0.3) is 10.1 Å². The zero-order valence-electron chi connectivity index (χ0n) is 15.5. The lowest BCUT2D eigenvalue weighted by Crippen LogP contribution is -2.12. The topological polar surface area (TPSA) is 87.9 Å². The number of hydrogen-bond acceptors (Lipinski definition) is 6. The Morgan fingerprint density at radius 2 is 1.96 bits per heavy atom. The standard InChI is InChI=1S/C20H18ClNO5S/c1-10-7-11(19(22)23)8-14(25-2)17(10)27-9-12-16-13(21)5-4-6-15(16)28-18(12)20(24)26-3/h4-8H,9H2,1-3H3,(H2,22,23). The minimum absolute atomic E-state index is 0.0707. The van der Waals surface area contributed by atoms with Gasteiger partial charge in [-0.1, -0.05) is 17.7 Å². The molecule has 3 aromatic rings. The first kappa shape index (κ1) is 20.0. The number of aryl methyl sites for hydroxylation is 1. The highest BCUT2D eigenvalue weighted by atomic mass is 35.5. The van der Waals surface area contributed by atoms with E-state index < -0.39 is 11.9 Å². The van der Waals surface area contributed by atoms with Crippen molar-refractivity contribution < 1.29 is 23.8 Å². The summed E-state index contributed by atoms with van der Waals surface area (Å²) in [6.45, 7) is 1.85. The summed E-state index contributed by atoms with van der Waals surface area (Å²) in [4.78, 5) is 24.2. The van der Waals surface area contributed by atoms with Crippen molar-refractivity contribution in [2.45, 2.75) is 13.5 Å². The van der Waals surface area contributed by atoms with E-state index in [9.17, 15) is 9.59 Å². The Labute approximate surface area is 170 Å². The minimum Gasteiger partial charge on any atom is -0.493 e. The van der Waals surface area contributed by atoms with Crippen LogP contribution in [0.3, 0.4) is 0 Å². The van der Waals surface area contributed by atoms with E-state index in [2.05, 4.69) is 0 Å². The molecule has 0 bridgehead atoms. The number of amides is 1. The van der Waals surface area contributed by atoms with Gasteiger partial charge in [0.15, 0.2) is 11.5 Å². The van der Waals surface area contributed by atoms with Crippen LogP contribution in [-0.4, -0.2) is 26.1 Å².